The topological polar surface area (TPSA) is 87.6 Å². The number of anilines is 1. The summed E-state index contributed by atoms with van der Waals surface area (Å²) in [5, 5.41) is 9.15. The fraction of sp³-hybridized carbons (Fsp3) is 0.588. The summed E-state index contributed by atoms with van der Waals surface area (Å²) in [7, 11) is 0. The number of carbonyl (C=O) groups is 1. The van der Waals surface area contributed by atoms with E-state index in [0.717, 1.165) is 37.6 Å². The number of hydrogen-bond acceptors (Lipinski definition) is 4. The van der Waals surface area contributed by atoms with Crippen LogP contribution in [0.5, 0.6) is 0 Å². The molecule has 0 aliphatic carbocycles. The summed E-state index contributed by atoms with van der Waals surface area (Å²) in [5.74, 6) is 1.23. The van der Waals surface area contributed by atoms with Crippen molar-refractivity contribution in [1.29, 1.82) is 0 Å². The van der Waals surface area contributed by atoms with E-state index in [-0.39, 0.29) is 36.0 Å². The van der Waals surface area contributed by atoms with Crippen molar-refractivity contribution >= 4 is 41.7 Å². The highest BCUT2D eigenvalue weighted by Crippen LogP contribution is 2.11. The summed E-state index contributed by atoms with van der Waals surface area (Å²) in [6, 6.07) is 5.55. The lowest BCUT2D eigenvalue weighted by Crippen LogP contribution is -2.39. The molecule has 2 rings (SSSR count). The smallest absolute Gasteiger partial charge is 0.227 e. The first-order chi connectivity index (χ1) is 11.7. The first-order valence-electron chi connectivity index (χ1n) is 8.54. The SMILES string of the molecule is CCNC(=NCC1CCCO1)NCCC(=O)Nc1cccc(C)n1.I. The zero-order valence-corrected chi connectivity index (χ0v) is 17.2. The minimum atomic E-state index is -0.0735. The highest BCUT2D eigenvalue weighted by Gasteiger charge is 2.14. The van der Waals surface area contributed by atoms with E-state index in [1.165, 1.54) is 0 Å². The van der Waals surface area contributed by atoms with Gasteiger partial charge in [0.2, 0.25) is 5.91 Å². The highest BCUT2D eigenvalue weighted by atomic mass is 127. The quantitative estimate of drug-likeness (QED) is 0.329. The molecule has 1 fully saturated rings. The van der Waals surface area contributed by atoms with Crippen molar-refractivity contribution in [2.24, 2.45) is 4.99 Å². The first-order valence-corrected chi connectivity index (χ1v) is 8.54. The molecular formula is C17H28IN5O2. The maximum atomic E-state index is 12.0. The molecule has 140 valence electrons. The number of nitrogens with zero attached hydrogens (tertiary/aromatic N) is 2. The number of nitrogens with one attached hydrogen (secondary N) is 3. The van der Waals surface area contributed by atoms with Crippen molar-refractivity contribution in [2.75, 3.05) is 31.6 Å². The van der Waals surface area contributed by atoms with Crippen LogP contribution < -0.4 is 16.0 Å². The molecule has 25 heavy (non-hydrogen) atoms. The van der Waals surface area contributed by atoms with Gasteiger partial charge in [0.15, 0.2) is 5.96 Å². The van der Waals surface area contributed by atoms with Crippen molar-refractivity contribution in [2.45, 2.75) is 39.2 Å². The molecule has 0 radical (unpaired) electrons. The summed E-state index contributed by atoms with van der Waals surface area (Å²) >= 11 is 0. The number of aryl methyl sites for hydroxylation is 1. The van der Waals surface area contributed by atoms with Gasteiger partial charge < -0.3 is 20.7 Å². The maximum Gasteiger partial charge on any atom is 0.227 e. The summed E-state index contributed by atoms with van der Waals surface area (Å²) in [6.07, 6.45) is 2.74. The number of rotatable bonds is 7. The molecule has 1 saturated heterocycles. The Kier molecular flexibility index (Phi) is 10.4. The Morgan fingerprint density at radius 2 is 2.24 bits per heavy atom. The molecule has 7 nitrogen and oxygen atoms in total. The molecule has 0 spiro atoms. The molecule has 1 aliphatic heterocycles. The fourth-order valence-corrected chi connectivity index (χ4v) is 2.44. The standard InChI is InChI=1S/C17H27N5O2.HI/c1-3-18-17(20-12-14-7-5-11-24-14)19-10-9-16(23)22-15-8-4-6-13(2)21-15;/h4,6,8,14H,3,5,7,9-12H2,1-2H3,(H2,18,19,20)(H,21,22,23);1H. The van der Waals surface area contributed by atoms with E-state index >= 15 is 0 Å². The van der Waals surface area contributed by atoms with Gasteiger partial charge in [-0.3, -0.25) is 9.79 Å². The van der Waals surface area contributed by atoms with Crippen LogP contribution in [-0.4, -0.2) is 49.2 Å². The second-order valence-electron chi connectivity index (χ2n) is 5.74. The molecular weight excluding hydrogens is 433 g/mol. The van der Waals surface area contributed by atoms with E-state index in [1.54, 1.807) is 6.07 Å². The lowest BCUT2D eigenvalue weighted by atomic mass is 10.2. The zero-order chi connectivity index (χ0) is 17.2. The number of hydrogen-bond donors (Lipinski definition) is 3. The molecule has 0 saturated carbocycles. The first kappa shape index (κ1) is 21.6. The molecule has 2 heterocycles. The minimum absolute atomic E-state index is 0. The van der Waals surface area contributed by atoms with Crippen LogP contribution in [0, 0.1) is 6.92 Å². The minimum Gasteiger partial charge on any atom is -0.376 e. The van der Waals surface area contributed by atoms with Gasteiger partial charge in [0.05, 0.1) is 12.6 Å². The van der Waals surface area contributed by atoms with Gasteiger partial charge in [0.25, 0.3) is 0 Å². The third-order valence-electron chi connectivity index (χ3n) is 3.62. The van der Waals surface area contributed by atoms with Gasteiger partial charge >= 0.3 is 0 Å². The molecule has 1 aromatic rings. The molecule has 1 aromatic heterocycles. The molecule has 0 bridgehead atoms. The van der Waals surface area contributed by atoms with Crippen molar-refractivity contribution < 1.29 is 9.53 Å². The summed E-state index contributed by atoms with van der Waals surface area (Å²) in [6.45, 7) is 6.67. The summed E-state index contributed by atoms with van der Waals surface area (Å²) < 4.78 is 5.57. The van der Waals surface area contributed by atoms with E-state index in [9.17, 15) is 4.79 Å². The van der Waals surface area contributed by atoms with E-state index in [2.05, 4.69) is 25.9 Å². The average Bonchev–Trinajstić information content (AvgIpc) is 3.06. The Morgan fingerprint density at radius 3 is 2.92 bits per heavy atom. The number of aromatic nitrogens is 1. The third-order valence-corrected chi connectivity index (χ3v) is 3.62. The Morgan fingerprint density at radius 1 is 1.40 bits per heavy atom. The van der Waals surface area contributed by atoms with Gasteiger partial charge in [0, 0.05) is 31.8 Å². The monoisotopic (exact) mass is 461 g/mol. The second-order valence-corrected chi connectivity index (χ2v) is 5.74. The van der Waals surface area contributed by atoms with E-state index in [4.69, 9.17) is 4.74 Å². The number of carbonyl (C=O) groups excluding carboxylic acids is 1. The lowest BCUT2D eigenvalue weighted by molar-refractivity contribution is -0.116. The summed E-state index contributed by atoms with van der Waals surface area (Å²) in [5.41, 5.74) is 0.877. The van der Waals surface area contributed by atoms with Crippen LogP contribution in [0.1, 0.15) is 31.9 Å². The maximum absolute atomic E-state index is 12.0. The van der Waals surface area contributed by atoms with E-state index in [0.29, 0.717) is 25.3 Å². The van der Waals surface area contributed by atoms with Gasteiger partial charge in [-0.05, 0) is 38.8 Å². The Labute approximate surface area is 166 Å². The van der Waals surface area contributed by atoms with E-state index in [1.807, 2.05) is 26.0 Å². The van der Waals surface area contributed by atoms with Crippen LogP contribution >= 0.6 is 24.0 Å². The number of pyridine rings is 1. The van der Waals surface area contributed by atoms with Crippen molar-refractivity contribution in [1.82, 2.24) is 15.6 Å². The number of halogens is 1. The average molecular weight is 461 g/mol. The summed E-state index contributed by atoms with van der Waals surface area (Å²) in [4.78, 5) is 20.7. The highest BCUT2D eigenvalue weighted by molar-refractivity contribution is 14.0. The van der Waals surface area contributed by atoms with Gasteiger partial charge in [-0.1, -0.05) is 6.07 Å². The van der Waals surface area contributed by atoms with Gasteiger partial charge in [0.1, 0.15) is 5.82 Å². The van der Waals surface area contributed by atoms with E-state index < -0.39 is 0 Å². The van der Waals surface area contributed by atoms with Crippen LogP contribution in [0.15, 0.2) is 23.2 Å². The van der Waals surface area contributed by atoms with Gasteiger partial charge in [-0.15, -0.1) is 24.0 Å². The molecule has 1 amide bonds. The number of aliphatic imine (C=N–C) groups is 1. The number of ether oxygens (including phenoxy) is 1. The second kappa shape index (κ2) is 12.0. The fourth-order valence-electron chi connectivity index (χ4n) is 2.44. The largest absolute Gasteiger partial charge is 0.376 e. The third kappa shape index (κ3) is 8.48. The molecule has 8 heteroatoms. The normalized spacial score (nSPS) is 16.9. The number of amides is 1. The Balaban J connectivity index is 0.00000312. The molecule has 1 unspecified atom stereocenters. The zero-order valence-electron chi connectivity index (χ0n) is 14.9. The van der Waals surface area contributed by atoms with Crippen molar-refractivity contribution in [3.8, 4) is 0 Å². The van der Waals surface area contributed by atoms with Gasteiger partial charge in [-0.2, -0.15) is 0 Å². The lowest BCUT2D eigenvalue weighted by Gasteiger charge is -2.13. The number of guanidine groups is 1. The van der Waals surface area contributed by atoms with Crippen LogP contribution in [-0.2, 0) is 9.53 Å². The van der Waals surface area contributed by atoms with Gasteiger partial charge in [-0.25, -0.2) is 4.98 Å². The van der Waals surface area contributed by atoms with Crippen LogP contribution in [0.2, 0.25) is 0 Å². The van der Waals surface area contributed by atoms with Crippen LogP contribution in [0.4, 0.5) is 5.82 Å². The molecule has 1 aliphatic rings. The molecule has 3 N–H and O–H groups in total. The Bertz CT molecular complexity index is 562. The Hall–Kier alpha value is -1.42. The van der Waals surface area contributed by atoms with Crippen molar-refractivity contribution in [3.05, 3.63) is 23.9 Å². The van der Waals surface area contributed by atoms with Crippen LogP contribution in [0.3, 0.4) is 0 Å². The predicted molar refractivity (Wildman–Crippen MR) is 111 cm³/mol. The van der Waals surface area contributed by atoms with Crippen LogP contribution in [0.25, 0.3) is 0 Å². The molecule has 1 atom stereocenters. The van der Waals surface area contributed by atoms with Crippen molar-refractivity contribution in [3.63, 3.8) is 0 Å². The predicted octanol–water partition coefficient (Wildman–Crippen LogP) is 2.07. The molecule has 0 aromatic carbocycles.